The number of rotatable bonds is 7. The van der Waals surface area contributed by atoms with Crippen LogP contribution in [0, 0.1) is 10.1 Å². The molecule has 6 nitrogen and oxygen atoms in total. The summed E-state index contributed by atoms with van der Waals surface area (Å²) in [5.74, 6) is 0. The Morgan fingerprint density at radius 3 is 2.07 bits per heavy atom. The third kappa shape index (κ3) is 6.41. The summed E-state index contributed by atoms with van der Waals surface area (Å²) < 4.78 is 0. The third-order valence-electron chi connectivity index (χ3n) is 5.17. The molecule has 0 N–H and O–H groups in total. The summed E-state index contributed by atoms with van der Waals surface area (Å²) in [7, 11) is 0. The number of aromatic nitrogens is 1. The Bertz CT molecular complexity index is 696. The summed E-state index contributed by atoms with van der Waals surface area (Å²) in [4.78, 5) is 19.9. The highest BCUT2D eigenvalue weighted by atomic mass is 16.6. The number of nitro groups is 1. The number of pyridine rings is 1. The Kier molecular flexibility index (Phi) is 7.30. The van der Waals surface area contributed by atoms with Gasteiger partial charge in [-0.05, 0) is 63.1 Å². The van der Waals surface area contributed by atoms with E-state index in [9.17, 15) is 10.1 Å². The zero-order valence-corrected chi connectivity index (χ0v) is 15.8. The SMILES string of the molecule is O=[N+]([O-])c1ccc(CCN2CCCN(CCc3ccccn3)CCC2)cc1. The van der Waals surface area contributed by atoms with Gasteiger partial charge in [0.1, 0.15) is 0 Å². The first-order valence-corrected chi connectivity index (χ1v) is 9.79. The van der Waals surface area contributed by atoms with Crippen LogP contribution in [0.3, 0.4) is 0 Å². The van der Waals surface area contributed by atoms with Gasteiger partial charge in [-0.1, -0.05) is 18.2 Å². The van der Waals surface area contributed by atoms with Gasteiger partial charge in [-0.3, -0.25) is 15.1 Å². The molecule has 0 unspecified atom stereocenters. The normalized spacial score (nSPS) is 16.6. The molecule has 0 bridgehead atoms. The van der Waals surface area contributed by atoms with Crippen LogP contribution in [0.5, 0.6) is 0 Å². The number of nitro benzene ring substituents is 1. The zero-order valence-electron chi connectivity index (χ0n) is 15.8. The van der Waals surface area contributed by atoms with Crippen LogP contribution >= 0.6 is 0 Å². The van der Waals surface area contributed by atoms with E-state index in [-0.39, 0.29) is 10.6 Å². The van der Waals surface area contributed by atoms with Crippen molar-refractivity contribution in [1.29, 1.82) is 0 Å². The van der Waals surface area contributed by atoms with Gasteiger partial charge in [-0.15, -0.1) is 0 Å². The summed E-state index contributed by atoms with van der Waals surface area (Å²) in [6, 6.07) is 13.1. The second-order valence-electron chi connectivity index (χ2n) is 7.14. The molecule has 0 saturated carbocycles. The maximum absolute atomic E-state index is 10.7. The second kappa shape index (κ2) is 10.1. The molecule has 0 spiro atoms. The molecule has 144 valence electrons. The predicted molar refractivity (Wildman–Crippen MR) is 107 cm³/mol. The van der Waals surface area contributed by atoms with Gasteiger partial charge >= 0.3 is 0 Å². The first-order valence-electron chi connectivity index (χ1n) is 9.79. The molecule has 1 fully saturated rings. The smallest absolute Gasteiger partial charge is 0.269 e. The molecule has 2 heterocycles. The van der Waals surface area contributed by atoms with Gasteiger partial charge < -0.3 is 9.80 Å². The maximum atomic E-state index is 10.7. The average Bonchev–Trinajstić information content (AvgIpc) is 2.67. The maximum Gasteiger partial charge on any atom is 0.269 e. The molecule has 1 aliphatic heterocycles. The minimum Gasteiger partial charge on any atom is -0.303 e. The Morgan fingerprint density at radius 2 is 1.52 bits per heavy atom. The lowest BCUT2D eigenvalue weighted by molar-refractivity contribution is -0.384. The number of hydrogen-bond acceptors (Lipinski definition) is 5. The predicted octanol–water partition coefficient (Wildman–Crippen LogP) is 3.17. The van der Waals surface area contributed by atoms with E-state index in [1.54, 1.807) is 12.1 Å². The summed E-state index contributed by atoms with van der Waals surface area (Å²) in [6.45, 7) is 6.62. The largest absolute Gasteiger partial charge is 0.303 e. The molecule has 0 radical (unpaired) electrons. The molecule has 1 aromatic heterocycles. The van der Waals surface area contributed by atoms with E-state index >= 15 is 0 Å². The van der Waals surface area contributed by atoms with E-state index in [0.717, 1.165) is 52.1 Å². The van der Waals surface area contributed by atoms with Crippen molar-refractivity contribution >= 4 is 5.69 Å². The van der Waals surface area contributed by atoms with Gasteiger partial charge in [0, 0.05) is 43.5 Å². The molecule has 0 amide bonds. The van der Waals surface area contributed by atoms with E-state index in [0.29, 0.717) is 0 Å². The molecule has 2 aromatic rings. The highest BCUT2D eigenvalue weighted by Gasteiger charge is 2.13. The Hall–Kier alpha value is -2.31. The van der Waals surface area contributed by atoms with E-state index in [4.69, 9.17) is 0 Å². The summed E-state index contributed by atoms with van der Waals surface area (Å²) >= 11 is 0. The molecular formula is C21H28N4O2. The van der Waals surface area contributed by atoms with E-state index < -0.39 is 0 Å². The van der Waals surface area contributed by atoms with Crippen molar-refractivity contribution in [2.75, 3.05) is 39.3 Å². The number of non-ortho nitro benzene ring substituents is 1. The van der Waals surface area contributed by atoms with E-state index in [2.05, 4.69) is 26.9 Å². The van der Waals surface area contributed by atoms with Crippen LogP contribution < -0.4 is 0 Å². The summed E-state index contributed by atoms with van der Waals surface area (Å²) in [5, 5.41) is 10.7. The molecule has 0 atom stereocenters. The zero-order chi connectivity index (χ0) is 18.9. The van der Waals surface area contributed by atoms with Crippen molar-refractivity contribution in [3.8, 4) is 0 Å². The van der Waals surface area contributed by atoms with Gasteiger partial charge in [-0.25, -0.2) is 0 Å². The lowest BCUT2D eigenvalue weighted by atomic mass is 10.1. The standard InChI is InChI=1S/C21H28N4O2/c26-25(27)21-8-6-19(7-9-21)10-17-23-13-3-15-24(16-4-14-23)18-11-20-5-1-2-12-22-20/h1-2,5-9,12H,3-4,10-11,13-18H2. The molecule has 1 aliphatic rings. The van der Waals surface area contributed by atoms with Crippen molar-refractivity contribution in [1.82, 2.24) is 14.8 Å². The van der Waals surface area contributed by atoms with E-state index in [1.165, 1.54) is 24.1 Å². The van der Waals surface area contributed by atoms with Crippen LogP contribution in [-0.4, -0.2) is 59.0 Å². The van der Waals surface area contributed by atoms with Crippen LogP contribution in [0.1, 0.15) is 24.1 Å². The third-order valence-corrected chi connectivity index (χ3v) is 5.17. The van der Waals surface area contributed by atoms with Crippen molar-refractivity contribution in [3.63, 3.8) is 0 Å². The lowest BCUT2D eigenvalue weighted by Crippen LogP contribution is -2.38. The van der Waals surface area contributed by atoms with Crippen molar-refractivity contribution in [2.24, 2.45) is 0 Å². The fourth-order valence-electron chi connectivity index (χ4n) is 3.60. The Balaban J connectivity index is 1.38. The van der Waals surface area contributed by atoms with Crippen molar-refractivity contribution in [2.45, 2.75) is 25.7 Å². The van der Waals surface area contributed by atoms with Crippen molar-refractivity contribution in [3.05, 3.63) is 70.0 Å². The molecule has 1 aromatic carbocycles. The van der Waals surface area contributed by atoms with Crippen LogP contribution in [-0.2, 0) is 12.8 Å². The summed E-state index contributed by atoms with van der Waals surface area (Å²) in [5.41, 5.74) is 2.50. The van der Waals surface area contributed by atoms with Gasteiger partial charge in [0.2, 0.25) is 0 Å². The Morgan fingerprint density at radius 1 is 0.889 bits per heavy atom. The quantitative estimate of drug-likeness (QED) is 0.555. The number of benzene rings is 1. The van der Waals surface area contributed by atoms with Gasteiger partial charge in [-0.2, -0.15) is 0 Å². The van der Waals surface area contributed by atoms with Gasteiger partial charge in [0.15, 0.2) is 0 Å². The monoisotopic (exact) mass is 368 g/mol. The first-order chi connectivity index (χ1) is 13.2. The minimum atomic E-state index is -0.346. The molecule has 3 rings (SSSR count). The number of hydrogen-bond donors (Lipinski definition) is 0. The lowest BCUT2D eigenvalue weighted by Gasteiger charge is -2.30. The van der Waals surface area contributed by atoms with Crippen molar-refractivity contribution < 1.29 is 4.92 Å². The highest BCUT2D eigenvalue weighted by molar-refractivity contribution is 5.32. The van der Waals surface area contributed by atoms with E-state index in [1.807, 2.05) is 24.4 Å². The van der Waals surface area contributed by atoms with Crippen LogP contribution in [0.4, 0.5) is 5.69 Å². The molecule has 27 heavy (non-hydrogen) atoms. The minimum absolute atomic E-state index is 0.163. The van der Waals surface area contributed by atoms with Crippen LogP contribution in [0.25, 0.3) is 0 Å². The van der Waals surface area contributed by atoms with Crippen LogP contribution in [0.15, 0.2) is 48.7 Å². The molecular weight excluding hydrogens is 340 g/mol. The fraction of sp³-hybridized carbons (Fsp3) is 0.476. The van der Waals surface area contributed by atoms with Gasteiger partial charge in [0.05, 0.1) is 4.92 Å². The number of nitrogens with zero attached hydrogens (tertiary/aromatic N) is 4. The van der Waals surface area contributed by atoms with Crippen LogP contribution in [0.2, 0.25) is 0 Å². The summed E-state index contributed by atoms with van der Waals surface area (Å²) in [6.07, 6.45) is 6.20. The highest BCUT2D eigenvalue weighted by Crippen LogP contribution is 2.13. The fourth-order valence-corrected chi connectivity index (χ4v) is 3.60. The topological polar surface area (TPSA) is 62.5 Å². The molecule has 0 aliphatic carbocycles. The first kappa shape index (κ1) is 19.5. The Labute approximate surface area is 161 Å². The molecule has 1 saturated heterocycles. The second-order valence-corrected chi connectivity index (χ2v) is 7.14. The molecule has 6 heteroatoms. The average molecular weight is 368 g/mol. The van der Waals surface area contributed by atoms with Gasteiger partial charge in [0.25, 0.3) is 5.69 Å².